The molecular formula is C25H21ClFN5O4S. The fraction of sp³-hybridized carbons (Fsp3) is 0.160. The van der Waals surface area contributed by atoms with E-state index in [2.05, 4.69) is 20.4 Å². The smallest absolute Gasteiger partial charge is 0.257 e. The van der Waals surface area contributed by atoms with Crippen LogP contribution in [0.1, 0.15) is 39.4 Å². The highest BCUT2D eigenvalue weighted by Crippen LogP contribution is 2.21. The van der Waals surface area contributed by atoms with Gasteiger partial charge in [0.2, 0.25) is 0 Å². The summed E-state index contributed by atoms with van der Waals surface area (Å²) in [6.45, 7) is 0. The van der Waals surface area contributed by atoms with Gasteiger partial charge in [-0.25, -0.2) is 22.8 Å². The Kier molecular flexibility index (Phi) is 7.74. The summed E-state index contributed by atoms with van der Waals surface area (Å²) in [5.74, 6) is -0.0461. The van der Waals surface area contributed by atoms with Crippen LogP contribution in [0.4, 0.5) is 10.1 Å². The molecule has 0 radical (unpaired) electrons. The molecule has 37 heavy (non-hydrogen) atoms. The van der Waals surface area contributed by atoms with Crippen LogP contribution in [-0.4, -0.2) is 46.1 Å². The number of aryl methyl sites for hydroxylation is 1. The number of carbonyl (C=O) groups is 2. The number of benzene rings is 2. The van der Waals surface area contributed by atoms with Crippen LogP contribution in [0.3, 0.4) is 0 Å². The van der Waals surface area contributed by atoms with E-state index < -0.39 is 21.6 Å². The van der Waals surface area contributed by atoms with Crippen molar-refractivity contribution in [2.75, 3.05) is 11.6 Å². The highest BCUT2D eigenvalue weighted by Gasteiger charge is 2.15. The van der Waals surface area contributed by atoms with Crippen molar-refractivity contribution in [2.24, 2.45) is 0 Å². The number of Topliss-reactive ketones (excluding diaryl/α,β-unsaturated/α-hetero) is 1. The van der Waals surface area contributed by atoms with Crippen LogP contribution >= 0.6 is 11.6 Å². The first-order chi connectivity index (χ1) is 17.6. The van der Waals surface area contributed by atoms with Gasteiger partial charge in [0, 0.05) is 41.6 Å². The predicted molar refractivity (Wildman–Crippen MR) is 135 cm³/mol. The fourth-order valence-electron chi connectivity index (χ4n) is 3.50. The van der Waals surface area contributed by atoms with E-state index in [9.17, 15) is 22.4 Å². The molecule has 12 heteroatoms. The Morgan fingerprint density at radius 1 is 1.03 bits per heavy atom. The number of ketones is 1. The van der Waals surface area contributed by atoms with Crippen molar-refractivity contribution >= 4 is 38.8 Å². The van der Waals surface area contributed by atoms with Crippen LogP contribution in [-0.2, 0) is 16.3 Å². The minimum atomic E-state index is -3.50. The van der Waals surface area contributed by atoms with Crippen molar-refractivity contribution < 1.29 is 22.4 Å². The van der Waals surface area contributed by atoms with Gasteiger partial charge in [-0.2, -0.15) is 9.78 Å². The second kappa shape index (κ2) is 11.0. The number of nitrogens with zero attached hydrogens (tertiary/aromatic N) is 4. The summed E-state index contributed by atoms with van der Waals surface area (Å²) in [5, 5.41) is 7.02. The zero-order chi connectivity index (χ0) is 26.6. The SMILES string of the molecule is CS(=O)(=O)c1cc(Cl)cc(C(=O)CCCc2ncnn2-c2ccc(C(=O)Nc3ccc(F)cc3)cn2)c1. The first kappa shape index (κ1) is 26.1. The van der Waals surface area contributed by atoms with Crippen LogP contribution < -0.4 is 5.32 Å². The maximum Gasteiger partial charge on any atom is 0.257 e. The molecule has 2 aromatic heterocycles. The molecule has 4 aromatic rings. The molecule has 0 aliphatic rings. The molecule has 9 nitrogen and oxygen atoms in total. The van der Waals surface area contributed by atoms with Crippen molar-refractivity contribution in [3.63, 3.8) is 0 Å². The van der Waals surface area contributed by atoms with Crippen molar-refractivity contribution in [1.29, 1.82) is 0 Å². The van der Waals surface area contributed by atoms with Gasteiger partial charge in [0.05, 0.1) is 10.5 Å². The van der Waals surface area contributed by atoms with Crippen molar-refractivity contribution in [2.45, 2.75) is 24.2 Å². The molecule has 0 fully saturated rings. The average Bonchev–Trinajstić information content (AvgIpc) is 3.33. The van der Waals surface area contributed by atoms with Gasteiger partial charge in [0.15, 0.2) is 21.4 Å². The summed E-state index contributed by atoms with van der Waals surface area (Å²) in [6, 6.07) is 12.7. The Morgan fingerprint density at radius 3 is 2.46 bits per heavy atom. The minimum absolute atomic E-state index is 0.0102. The molecule has 0 spiro atoms. The first-order valence-corrected chi connectivity index (χ1v) is 13.3. The number of rotatable bonds is 9. The molecule has 0 unspecified atom stereocenters. The van der Waals surface area contributed by atoms with E-state index in [0.717, 1.165) is 6.26 Å². The van der Waals surface area contributed by atoms with Gasteiger partial charge < -0.3 is 5.32 Å². The van der Waals surface area contributed by atoms with E-state index in [1.807, 2.05) is 0 Å². The molecule has 190 valence electrons. The summed E-state index contributed by atoms with van der Waals surface area (Å²) in [6.07, 6.45) is 4.78. The topological polar surface area (TPSA) is 124 Å². The number of halogens is 2. The van der Waals surface area contributed by atoms with Gasteiger partial charge >= 0.3 is 0 Å². The second-order valence-electron chi connectivity index (χ2n) is 8.18. The monoisotopic (exact) mass is 541 g/mol. The largest absolute Gasteiger partial charge is 0.322 e. The molecule has 4 rings (SSSR count). The Labute approximate surface area is 217 Å². The molecule has 2 aromatic carbocycles. The lowest BCUT2D eigenvalue weighted by molar-refractivity contribution is 0.0978. The van der Waals surface area contributed by atoms with Gasteiger partial charge in [0.1, 0.15) is 18.0 Å². The Morgan fingerprint density at radius 2 is 1.78 bits per heavy atom. The number of amides is 1. The molecule has 0 bridgehead atoms. The van der Waals surface area contributed by atoms with Crippen molar-refractivity contribution in [3.05, 3.63) is 94.9 Å². The fourth-order valence-corrected chi connectivity index (χ4v) is 4.48. The molecule has 0 aliphatic carbocycles. The zero-order valence-corrected chi connectivity index (χ0v) is 21.1. The molecule has 0 saturated heterocycles. The lowest BCUT2D eigenvalue weighted by Crippen LogP contribution is -2.13. The van der Waals surface area contributed by atoms with Gasteiger partial charge in [-0.15, -0.1) is 0 Å². The van der Waals surface area contributed by atoms with E-state index in [4.69, 9.17) is 11.6 Å². The number of nitrogens with one attached hydrogen (secondary N) is 1. The van der Waals surface area contributed by atoms with Crippen LogP contribution in [0.15, 0.2) is 72.0 Å². The summed E-state index contributed by atoms with van der Waals surface area (Å²) < 4.78 is 38.2. The van der Waals surface area contributed by atoms with Crippen LogP contribution in [0, 0.1) is 5.82 Å². The molecule has 0 saturated carbocycles. The molecule has 1 amide bonds. The number of pyridine rings is 1. The van der Waals surface area contributed by atoms with Crippen LogP contribution in [0.25, 0.3) is 5.82 Å². The third-order valence-electron chi connectivity index (χ3n) is 5.37. The lowest BCUT2D eigenvalue weighted by atomic mass is 10.1. The molecule has 0 atom stereocenters. The van der Waals surface area contributed by atoms with Gasteiger partial charge in [-0.3, -0.25) is 9.59 Å². The highest BCUT2D eigenvalue weighted by atomic mass is 35.5. The Balaban J connectivity index is 1.38. The maximum absolute atomic E-state index is 13.0. The Bertz CT molecular complexity index is 1550. The normalized spacial score (nSPS) is 11.3. The molecular weight excluding hydrogens is 521 g/mol. The molecule has 2 heterocycles. The van der Waals surface area contributed by atoms with E-state index in [1.54, 1.807) is 12.1 Å². The lowest BCUT2D eigenvalue weighted by Gasteiger charge is -2.08. The Hall–Kier alpha value is -3.96. The minimum Gasteiger partial charge on any atom is -0.322 e. The van der Waals surface area contributed by atoms with Crippen molar-refractivity contribution in [1.82, 2.24) is 19.7 Å². The van der Waals surface area contributed by atoms with Gasteiger partial charge in [-0.1, -0.05) is 11.6 Å². The number of anilines is 1. The first-order valence-electron chi connectivity index (χ1n) is 11.1. The standard InChI is InChI=1S/C25H21ClFN5O4S/c1-37(35,36)21-12-17(11-18(26)13-21)22(33)3-2-4-23-29-15-30-32(23)24-10-5-16(14-28-24)25(34)31-20-8-6-19(27)7-9-20/h5-15H,2-4H2,1H3,(H,31,34). The second-order valence-corrected chi connectivity index (χ2v) is 10.6. The number of hydrogen-bond acceptors (Lipinski definition) is 7. The number of sulfone groups is 1. The van der Waals surface area contributed by atoms with Crippen molar-refractivity contribution in [3.8, 4) is 5.82 Å². The highest BCUT2D eigenvalue weighted by molar-refractivity contribution is 7.90. The molecule has 1 N–H and O–H groups in total. The van der Waals surface area contributed by atoms with Crippen LogP contribution in [0.2, 0.25) is 5.02 Å². The van der Waals surface area contributed by atoms with E-state index in [0.29, 0.717) is 35.7 Å². The predicted octanol–water partition coefficient (Wildman–Crippen LogP) is 4.32. The van der Waals surface area contributed by atoms with E-state index in [1.165, 1.54) is 59.7 Å². The summed E-state index contributed by atoms with van der Waals surface area (Å²) >= 11 is 6.00. The summed E-state index contributed by atoms with van der Waals surface area (Å²) in [7, 11) is -3.50. The number of hydrogen-bond donors (Lipinski definition) is 1. The summed E-state index contributed by atoms with van der Waals surface area (Å²) in [5.41, 5.74) is 0.981. The number of aromatic nitrogens is 4. The average molecular weight is 542 g/mol. The quantitative estimate of drug-likeness (QED) is 0.313. The van der Waals surface area contributed by atoms with E-state index in [-0.39, 0.29) is 27.7 Å². The van der Waals surface area contributed by atoms with E-state index >= 15 is 0 Å². The third-order valence-corrected chi connectivity index (χ3v) is 6.68. The number of carbonyl (C=O) groups excluding carboxylic acids is 2. The zero-order valence-electron chi connectivity index (χ0n) is 19.6. The van der Waals surface area contributed by atoms with Crippen LogP contribution in [0.5, 0.6) is 0 Å². The van der Waals surface area contributed by atoms with Gasteiger partial charge in [0.25, 0.3) is 5.91 Å². The van der Waals surface area contributed by atoms with Gasteiger partial charge in [-0.05, 0) is 61.0 Å². The molecule has 0 aliphatic heterocycles. The third kappa shape index (κ3) is 6.63. The summed E-state index contributed by atoms with van der Waals surface area (Å²) in [4.78, 5) is 33.6. The maximum atomic E-state index is 13.0.